The van der Waals surface area contributed by atoms with Crippen LogP contribution in [-0.2, 0) is 14.8 Å². The third kappa shape index (κ3) is 4.90. The van der Waals surface area contributed by atoms with Crippen LogP contribution in [0.5, 0.6) is 0 Å². The van der Waals surface area contributed by atoms with Gasteiger partial charge in [0.05, 0.1) is 6.61 Å². The van der Waals surface area contributed by atoms with Gasteiger partial charge in [0.2, 0.25) is 10.0 Å². The van der Waals surface area contributed by atoms with Gasteiger partial charge in [-0.2, -0.15) is 0 Å². The molecule has 0 aliphatic rings. The SMILES string of the molecule is CCC(COC)NS(=O)(=O)c1cncc(C#CCO)c1. The molecule has 1 aromatic rings. The number of hydrogen-bond donors (Lipinski definition) is 2. The summed E-state index contributed by atoms with van der Waals surface area (Å²) in [5.41, 5.74) is 0.432. The summed E-state index contributed by atoms with van der Waals surface area (Å²) in [6.07, 6.45) is 3.31. The lowest BCUT2D eigenvalue weighted by atomic mass is 10.3. The monoisotopic (exact) mass is 298 g/mol. The molecule has 0 amide bonds. The number of methoxy groups -OCH3 is 1. The highest BCUT2D eigenvalue weighted by Gasteiger charge is 2.19. The van der Waals surface area contributed by atoms with Crippen LogP contribution in [0.1, 0.15) is 18.9 Å². The Morgan fingerprint density at radius 1 is 1.50 bits per heavy atom. The molecule has 0 aliphatic carbocycles. The minimum absolute atomic E-state index is 0.0387. The second-order valence-corrected chi connectivity index (χ2v) is 5.76. The van der Waals surface area contributed by atoms with E-state index in [-0.39, 0.29) is 17.5 Å². The summed E-state index contributed by atoms with van der Waals surface area (Å²) >= 11 is 0. The van der Waals surface area contributed by atoms with Crippen LogP contribution in [0.2, 0.25) is 0 Å². The van der Waals surface area contributed by atoms with E-state index in [9.17, 15) is 8.42 Å². The van der Waals surface area contributed by atoms with E-state index in [0.717, 1.165) is 0 Å². The van der Waals surface area contributed by atoms with Gasteiger partial charge in [-0.25, -0.2) is 13.1 Å². The quantitative estimate of drug-likeness (QED) is 0.729. The highest BCUT2D eigenvalue weighted by molar-refractivity contribution is 7.89. The summed E-state index contributed by atoms with van der Waals surface area (Å²) in [6.45, 7) is 1.88. The van der Waals surface area contributed by atoms with Crippen molar-refractivity contribution in [3.8, 4) is 11.8 Å². The fourth-order valence-corrected chi connectivity index (χ4v) is 2.79. The molecule has 1 aromatic heterocycles. The molecule has 6 nitrogen and oxygen atoms in total. The summed E-state index contributed by atoms with van der Waals surface area (Å²) < 4.78 is 31.9. The van der Waals surface area contributed by atoms with Gasteiger partial charge in [-0.1, -0.05) is 18.8 Å². The zero-order valence-electron chi connectivity index (χ0n) is 11.5. The summed E-state index contributed by atoms with van der Waals surface area (Å²) in [5.74, 6) is 5.07. The molecule has 7 heteroatoms. The first-order valence-electron chi connectivity index (χ1n) is 6.09. The first kappa shape index (κ1) is 16.6. The third-order valence-corrected chi connectivity index (χ3v) is 4.01. The molecular weight excluding hydrogens is 280 g/mol. The van der Waals surface area contributed by atoms with Gasteiger partial charge in [-0.05, 0) is 12.5 Å². The predicted molar refractivity (Wildman–Crippen MR) is 74.5 cm³/mol. The number of ether oxygens (including phenoxy) is 1. The van der Waals surface area contributed by atoms with Crippen molar-refractivity contribution in [3.63, 3.8) is 0 Å². The van der Waals surface area contributed by atoms with Crippen molar-refractivity contribution in [1.82, 2.24) is 9.71 Å². The van der Waals surface area contributed by atoms with Crippen molar-refractivity contribution in [2.75, 3.05) is 20.3 Å². The molecule has 0 aromatic carbocycles. The molecule has 0 fully saturated rings. The van der Waals surface area contributed by atoms with Gasteiger partial charge in [0.25, 0.3) is 0 Å². The van der Waals surface area contributed by atoms with E-state index >= 15 is 0 Å². The van der Waals surface area contributed by atoms with E-state index in [4.69, 9.17) is 9.84 Å². The molecule has 0 spiro atoms. The Labute approximate surface area is 119 Å². The molecule has 1 unspecified atom stereocenters. The Morgan fingerprint density at radius 3 is 2.85 bits per heavy atom. The molecule has 2 N–H and O–H groups in total. The fraction of sp³-hybridized carbons (Fsp3) is 0.462. The number of aliphatic hydroxyl groups is 1. The first-order chi connectivity index (χ1) is 9.53. The lowest BCUT2D eigenvalue weighted by Gasteiger charge is -2.15. The molecule has 1 rings (SSSR count). The Morgan fingerprint density at radius 2 is 2.25 bits per heavy atom. The molecule has 110 valence electrons. The summed E-state index contributed by atoms with van der Waals surface area (Å²) in [5, 5.41) is 8.63. The number of pyridine rings is 1. The number of nitrogens with zero attached hydrogens (tertiary/aromatic N) is 1. The highest BCUT2D eigenvalue weighted by Crippen LogP contribution is 2.10. The standard InChI is InChI=1S/C13H18N2O4S/c1-3-12(10-19-2)15-20(17,18)13-7-11(5-4-6-16)8-14-9-13/h7-9,12,15-16H,3,6,10H2,1-2H3. The second kappa shape index (κ2) is 7.97. The Hall–Kier alpha value is -1.46. The van der Waals surface area contributed by atoms with Crippen molar-refractivity contribution < 1.29 is 18.3 Å². The van der Waals surface area contributed by atoms with E-state index in [1.54, 1.807) is 0 Å². The number of nitrogens with one attached hydrogen (secondary N) is 1. The van der Waals surface area contributed by atoms with Crippen LogP contribution in [0.4, 0.5) is 0 Å². The van der Waals surface area contributed by atoms with Crippen LogP contribution in [0.3, 0.4) is 0 Å². The topological polar surface area (TPSA) is 88.5 Å². The zero-order chi connectivity index (χ0) is 15.0. The molecule has 20 heavy (non-hydrogen) atoms. The third-order valence-electron chi connectivity index (χ3n) is 2.52. The zero-order valence-corrected chi connectivity index (χ0v) is 12.3. The Bertz CT molecular complexity index is 590. The van der Waals surface area contributed by atoms with Crippen LogP contribution < -0.4 is 4.72 Å². The largest absolute Gasteiger partial charge is 0.384 e. The molecule has 1 heterocycles. The maximum absolute atomic E-state index is 12.2. The van der Waals surface area contributed by atoms with E-state index in [0.29, 0.717) is 18.6 Å². The van der Waals surface area contributed by atoms with E-state index in [2.05, 4.69) is 21.5 Å². The van der Waals surface area contributed by atoms with Crippen molar-refractivity contribution in [2.24, 2.45) is 0 Å². The van der Waals surface area contributed by atoms with Gasteiger partial charge in [0.1, 0.15) is 11.5 Å². The summed E-state index contributed by atoms with van der Waals surface area (Å²) in [6, 6.07) is 1.12. The minimum Gasteiger partial charge on any atom is -0.384 e. The molecule has 0 saturated heterocycles. The summed E-state index contributed by atoms with van der Waals surface area (Å²) in [7, 11) is -2.15. The molecule has 0 aliphatic heterocycles. The second-order valence-electron chi connectivity index (χ2n) is 4.05. The number of aliphatic hydroxyl groups excluding tert-OH is 1. The number of aromatic nitrogens is 1. The minimum atomic E-state index is -3.66. The Kier molecular flexibility index (Phi) is 6.61. The fourth-order valence-electron chi connectivity index (χ4n) is 1.50. The van der Waals surface area contributed by atoms with Crippen LogP contribution in [-0.4, -0.2) is 44.9 Å². The lowest BCUT2D eigenvalue weighted by molar-refractivity contribution is 0.173. The van der Waals surface area contributed by atoms with E-state index in [1.165, 1.54) is 25.6 Å². The van der Waals surface area contributed by atoms with Crippen molar-refractivity contribution in [3.05, 3.63) is 24.0 Å². The normalized spacial score (nSPS) is 12.6. The molecule has 0 radical (unpaired) electrons. The molecule has 1 atom stereocenters. The van der Waals surface area contributed by atoms with Crippen molar-refractivity contribution in [2.45, 2.75) is 24.3 Å². The van der Waals surface area contributed by atoms with Gasteiger partial charge in [-0.15, -0.1) is 0 Å². The molecular formula is C13H18N2O4S. The van der Waals surface area contributed by atoms with Crippen LogP contribution in [0.25, 0.3) is 0 Å². The van der Waals surface area contributed by atoms with Crippen molar-refractivity contribution >= 4 is 10.0 Å². The number of hydrogen-bond acceptors (Lipinski definition) is 5. The average molecular weight is 298 g/mol. The summed E-state index contributed by atoms with van der Waals surface area (Å²) in [4.78, 5) is 3.89. The van der Waals surface area contributed by atoms with Gasteiger partial charge >= 0.3 is 0 Å². The number of sulfonamides is 1. The maximum Gasteiger partial charge on any atom is 0.242 e. The Balaban J connectivity index is 2.97. The lowest BCUT2D eigenvalue weighted by Crippen LogP contribution is -2.37. The number of rotatable bonds is 6. The van der Waals surface area contributed by atoms with Crippen molar-refractivity contribution in [1.29, 1.82) is 0 Å². The van der Waals surface area contributed by atoms with Gasteiger partial charge in [0, 0.05) is 31.1 Å². The van der Waals surface area contributed by atoms with Crippen LogP contribution in [0, 0.1) is 11.8 Å². The highest BCUT2D eigenvalue weighted by atomic mass is 32.2. The maximum atomic E-state index is 12.2. The van der Waals surface area contributed by atoms with Gasteiger partial charge in [0.15, 0.2) is 0 Å². The van der Waals surface area contributed by atoms with Gasteiger partial charge < -0.3 is 9.84 Å². The smallest absolute Gasteiger partial charge is 0.242 e. The van der Waals surface area contributed by atoms with E-state index < -0.39 is 10.0 Å². The molecule has 0 bridgehead atoms. The van der Waals surface area contributed by atoms with Crippen LogP contribution in [0.15, 0.2) is 23.4 Å². The average Bonchev–Trinajstić information content (AvgIpc) is 2.44. The van der Waals surface area contributed by atoms with Crippen LogP contribution >= 0.6 is 0 Å². The van der Waals surface area contributed by atoms with Gasteiger partial charge in [-0.3, -0.25) is 4.98 Å². The van der Waals surface area contributed by atoms with E-state index in [1.807, 2.05) is 6.92 Å². The predicted octanol–water partition coefficient (Wildman–Crippen LogP) is 0.129. The first-order valence-corrected chi connectivity index (χ1v) is 7.57. The molecule has 0 saturated carbocycles.